The van der Waals surface area contributed by atoms with Crippen molar-refractivity contribution < 1.29 is 33.7 Å². The highest BCUT2D eigenvalue weighted by Crippen LogP contribution is 2.44. The van der Waals surface area contributed by atoms with E-state index in [1.165, 1.54) is 4.90 Å². The van der Waals surface area contributed by atoms with Gasteiger partial charge in [0.05, 0.1) is 37.6 Å². The maximum absolute atomic E-state index is 13.4. The molecule has 1 N–H and O–H groups in total. The first-order chi connectivity index (χ1) is 18.2. The number of thiazole rings is 1. The highest BCUT2D eigenvalue weighted by atomic mass is 32.1. The fraction of sp³-hybridized carbons (Fsp3) is 0.286. The monoisotopic (exact) mass is 536 g/mol. The number of aliphatic hydroxyl groups excluding tert-OH is 1. The minimum atomic E-state index is -0.992. The number of ketones is 1. The number of ether oxygens (including phenoxy) is 3. The molecule has 10 heteroatoms. The van der Waals surface area contributed by atoms with Crippen LogP contribution in [-0.4, -0.2) is 48.1 Å². The van der Waals surface area contributed by atoms with Gasteiger partial charge in [-0.3, -0.25) is 14.5 Å². The standard InChI is InChI=1S/C28H28N2O7S/c1-6-36-19-11-8-17(9-12-19)22-21(23(31)18-10-13-20(35-5)15(3)14-18)24(32)26(33)30(22)28-29-16(4)25(38-28)27(34)37-7-2/h8-14,22,31H,6-7H2,1-5H3. The van der Waals surface area contributed by atoms with Gasteiger partial charge in [-0.2, -0.15) is 0 Å². The Morgan fingerprint density at radius 2 is 1.79 bits per heavy atom. The molecule has 1 fully saturated rings. The third-order valence-electron chi connectivity index (χ3n) is 6.07. The van der Waals surface area contributed by atoms with Crippen molar-refractivity contribution in [2.75, 3.05) is 25.2 Å². The molecular weight excluding hydrogens is 508 g/mol. The highest BCUT2D eigenvalue weighted by Gasteiger charge is 2.48. The lowest BCUT2D eigenvalue weighted by Gasteiger charge is -2.23. The molecule has 0 radical (unpaired) electrons. The molecule has 1 aliphatic rings. The van der Waals surface area contributed by atoms with Gasteiger partial charge in [0.1, 0.15) is 22.1 Å². The second kappa shape index (κ2) is 11.1. The number of carbonyl (C=O) groups is 3. The summed E-state index contributed by atoms with van der Waals surface area (Å²) in [5.74, 6) is -1.37. The van der Waals surface area contributed by atoms with Crippen LogP contribution in [0.5, 0.6) is 11.5 Å². The molecule has 0 spiro atoms. The molecule has 0 saturated carbocycles. The molecule has 1 unspecified atom stereocenters. The molecular formula is C28H28N2O7S. The number of aryl methyl sites for hydroxylation is 2. The van der Waals surface area contributed by atoms with Gasteiger partial charge < -0.3 is 19.3 Å². The molecule has 1 aliphatic heterocycles. The summed E-state index contributed by atoms with van der Waals surface area (Å²) in [7, 11) is 1.54. The van der Waals surface area contributed by atoms with Gasteiger partial charge in [-0.1, -0.05) is 23.5 Å². The summed E-state index contributed by atoms with van der Waals surface area (Å²) in [6.45, 7) is 7.67. The van der Waals surface area contributed by atoms with E-state index in [1.807, 2.05) is 13.8 Å². The van der Waals surface area contributed by atoms with Crippen LogP contribution in [0.15, 0.2) is 48.0 Å². The zero-order valence-electron chi connectivity index (χ0n) is 21.7. The number of carbonyl (C=O) groups excluding carboxylic acids is 3. The Morgan fingerprint density at radius 1 is 1.08 bits per heavy atom. The molecule has 38 heavy (non-hydrogen) atoms. The van der Waals surface area contributed by atoms with E-state index in [-0.39, 0.29) is 27.9 Å². The third kappa shape index (κ3) is 4.87. The Kier molecular flexibility index (Phi) is 7.82. The molecule has 1 amide bonds. The van der Waals surface area contributed by atoms with Gasteiger partial charge in [0.25, 0.3) is 5.78 Å². The SMILES string of the molecule is CCOC(=O)c1sc(N2C(=O)C(=O)C(=C(O)c3ccc(OC)c(C)c3)C2c2ccc(OCC)cc2)nc1C. The second-order valence-corrected chi connectivity index (χ2v) is 9.46. The van der Waals surface area contributed by atoms with Crippen molar-refractivity contribution >= 4 is 39.9 Å². The van der Waals surface area contributed by atoms with E-state index in [2.05, 4.69) is 4.98 Å². The van der Waals surface area contributed by atoms with Crippen LogP contribution in [0.4, 0.5) is 5.13 Å². The fourth-order valence-electron chi connectivity index (χ4n) is 4.31. The Labute approximate surface area is 224 Å². The average molecular weight is 537 g/mol. The Balaban J connectivity index is 1.90. The van der Waals surface area contributed by atoms with Gasteiger partial charge in [0.2, 0.25) is 0 Å². The molecule has 1 aromatic heterocycles. The minimum absolute atomic E-state index is 0.0886. The summed E-state index contributed by atoms with van der Waals surface area (Å²) in [4.78, 5) is 45.2. The van der Waals surface area contributed by atoms with Gasteiger partial charge >= 0.3 is 11.9 Å². The normalized spacial score (nSPS) is 16.6. The third-order valence-corrected chi connectivity index (χ3v) is 7.21. The van der Waals surface area contributed by atoms with Crippen molar-refractivity contribution in [2.24, 2.45) is 0 Å². The van der Waals surface area contributed by atoms with E-state index in [4.69, 9.17) is 14.2 Å². The molecule has 3 aromatic rings. The zero-order chi connectivity index (χ0) is 27.6. The molecule has 4 rings (SSSR count). The molecule has 9 nitrogen and oxygen atoms in total. The Morgan fingerprint density at radius 3 is 2.39 bits per heavy atom. The van der Waals surface area contributed by atoms with Crippen molar-refractivity contribution in [2.45, 2.75) is 33.7 Å². The summed E-state index contributed by atoms with van der Waals surface area (Å²) in [5.41, 5.74) is 1.96. The lowest BCUT2D eigenvalue weighted by atomic mass is 9.95. The number of hydrogen-bond donors (Lipinski definition) is 1. The quantitative estimate of drug-likeness (QED) is 0.186. The number of aliphatic hydroxyl groups is 1. The topological polar surface area (TPSA) is 115 Å². The molecule has 1 saturated heterocycles. The maximum Gasteiger partial charge on any atom is 0.350 e. The molecule has 0 aliphatic carbocycles. The fourth-order valence-corrected chi connectivity index (χ4v) is 5.30. The number of benzene rings is 2. The molecule has 198 valence electrons. The zero-order valence-corrected chi connectivity index (χ0v) is 22.5. The Hall–Kier alpha value is -4.18. The summed E-state index contributed by atoms with van der Waals surface area (Å²) in [6, 6.07) is 10.9. The minimum Gasteiger partial charge on any atom is -0.507 e. The first kappa shape index (κ1) is 26.9. The smallest absolute Gasteiger partial charge is 0.350 e. The number of methoxy groups -OCH3 is 1. The molecule has 2 heterocycles. The van der Waals surface area contributed by atoms with Gasteiger partial charge in [-0.25, -0.2) is 9.78 Å². The van der Waals surface area contributed by atoms with Gasteiger partial charge in [-0.15, -0.1) is 0 Å². The van der Waals surface area contributed by atoms with E-state index in [0.29, 0.717) is 34.9 Å². The predicted octanol–water partition coefficient (Wildman–Crippen LogP) is 4.97. The maximum atomic E-state index is 13.4. The van der Waals surface area contributed by atoms with E-state index < -0.39 is 23.7 Å². The van der Waals surface area contributed by atoms with Gasteiger partial charge in [0, 0.05) is 5.56 Å². The van der Waals surface area contributed by atoms with Gasteiger partial charge in [-0.05, 0) is 69.2 Å². The second-order valence-electron chi connectivity index (χ2n) is 8.49. The van der Waals surface area contributed by atoms with E-state index >= 15 is 0 Å². The van der Waals surface area contributed by atoms with Crippen molar-refractivity contribution in [3.8, 4) is 11.5 Å². The number of nitrogens with zero attached hydrogens (tertiary/aromatic N) is 2. The van der Waals surface area contributed by atoms with Crippen molar-refractivity contribution in [1.29, 1.82) is 0 Å². The number of aromatic nitrogens is 1. The predicted molar refractivity (Wildman–Crippen MR) is 143 cm³/mol. The van der Waals surface area contributed by atoms with Gasteiger partial charge in [0.15, 0.2) is 5.13 Å². The van der Waals surface area contributed by atoms with E-state index in [1.54, 1.807) is 63.4 Å². The summed E-state index contributed by atoms with van der Waals surface area (Å²) >= 11 is 0.959. The first-order valence-corrected chi connectivity index (χ1v) is 12.9. The van der Waals surface area contributed by atoms with E-state index in [0.717, 1.165) is 16.9 Å². The van der Waals surface area contributed by atoms with Crippen LogP contribution in [0.3, 0.4) is 0 Å². The van der Waals surface area contributed by atoms with Crippen LogP contribution in [0.1, 0.15) is 51.9 Å². The van der Waals surface area contributed by atoms with Crippen molar-refractivity contribution in [3.63, 3.8) is 0 Å². The number of hydrogen-bond acceptors (Lipinski definition) is 9. The Bertz CT molecular complexity index is 1430. The number of rotatable bonds is 8. The lowest BCUT2D eigenvalue weighted by molar-refractivity contribution is -0.132. The lowest BCUT2D eigenvalue weighted by Crippen LogP contribution is -2.29. The first-order valence-electron chi connectivity index (χ1n) is 12.0. The van der Waals surface area contributed by atoms with E-state index in [9.17, 15) is 19.5 Å². The van der Waals surface area contributed by atoms with Crippen molar-refractivity contribution in [1.82, 2.24) is 4.98 Å². The number of anilines is 1. The van der Waals surface area contributed by atoms with Crippen LogP contribution < -0.4 is 14.4 Å². The average Bonchev–Trinajstić information content (AvgIpc) is 3.41. The number of esters is 1. The molecule has 0 bridgehead atoms. The number of Topliss-reactive ketones (excluding diaryl/α,β-unsaturated/α-hetero) is 1. The summed E-state index contributed by atoms with van der Waals surface area (Å²) in [6.07, 6.45) is 0. The summed E-state index contributed by atoms with van der Waals surface area (Å²) in [5, 5.41) is 11.5. The highest BCUT2D eigenvalue weighted by molar-refractivity contribution is 7.17. The van der Waals surface area contributed by atoms with Crippen LogP contribution in [0.2, 0.25) is 0 Å². The summed E-state index contributed by atoms with van der Waals surface area (Å²) < 4.78 is 16.0. The van der Waals surface area contributed by atoms with Crippen LogP contribution in [-0.2, 0) is 14.3 Å². The molecule has 2 aromatic carbocycles. The molecule has 1 atom stereocenters. The number of amides is 1. The van der Waals surface area contributed by atoms with Crippen molar-refractivity contribution in [3.05, 3.63) is 75.3 Å². The largest absolute Gasteiger partial charge is 0.507 e. The van der Waals surface area contributed by atoms with Crippen LogP contribution >= 0.6 is 11.3 Å². The van der Waals surface area contributed by atoms with Crippen LogP contribution in [0.25, 0.3) is 5.76 Å². The van der Waals surface area contributed by atoms with Crippen LogP contribution in [0, 0.1) is 13.8 Å².